The molecule has 1 atom stereocenters. The van der Waals surface area contributed by atoms with Crippen molar-refractivity contribution in [2.45, 2.75) is 12.8 Å². The first-order chi connectivity index (χ1) is 12.7. The van der Waals surface area contributed by atoms with Crippen molar-refractivity contribution in [2.75, 3.05) is 25.1 Å². The van der Waals surface area contributed by atoms with Crippen LogP contribution in [0.5, 0.6) is 5.75 Å². The van der Waals surface area contributed by atoms with Crippen molar-refractivity contribution in [3.05, 3.63) is 36.0 Å². The summed E-state index contributed by atoms with van der Waals surface area (Å²) in [5.74, 6) is 1.34. The Morgan fingerprint density at radius 1 is 1.31 bits per heavy atom. The molecular weight excluding hydrogens is 348 g/mol. The number of benzene rings is 1. The predicted octanol–water partition coefficient (Wildman–Crippen LogP) is 3.07. The van der Waals surface area contributed by atoms with Crippen LogP contribution in [0.4, 0.5) is 5.82 Å². The van der Waals surface area contributed by atoms with Crippen molar-refractivity contribution in [1.29, 1.82) is 0 Å². The van der Waals surface area contributed by atoms with E-state index in [0.717, 1.165) is 52.3 Å². The number of rotatable bonds is 4. The third-order valence-corrected chi connectivity index (χ3v) is 5.76. The van der Waals surface area contributed by atoms with Gasteiger partial charge >= 0.3 is 0 Å². The third kappa shape index (κ3) is 2.99. The summed E-state index contributed by atoms with van der Waals surface area (Å²) in [5.41, 5.74) is 7.74. The maximum atomic E-state index is 11.6. The van der Waals surface area contributed by atoms with Crippen molar-refractivity contribution >= 4 is 33.3 Å². The van der Waals surface area contributed by atoms with Crippen molar-refractivity contribution < 1.29 is 9.53 Å². The smallest absolute Gasteiger partial charge is 0.222 e. The number of anilines is 1. The van der Waals surface area contributed by atoms with Crippen LogP contribution >= 0.6 is 11.3 Å². The van der Waals surface area contributed by atoms with Crippen molar-refractivity contribution in [2.24, 2.45) is 11.7 Å². The molecule has 1 amide bonds. The van der Waals surface area contributed by atoms with Gasteiger partial charge in [-0.1, -0.05) is 12.1 Å². The number of aromatic nitrogens is 2. The fourth-order valence-electron chi connectivity index (χ4n) is 3.48. The summed E-state index contributed by atoms with van der Waals surface area (Å²) >= 11 is 1.60. The number of carbonyl (C=O) groups excluding carboxylic acids is 1. The second-order valence-corrected chi connectivity index (χ2v) is 7.30. The lowest BCUT2D eigenvalue weighted by molar-refractivity contribution is -0.122. The average molecular weight is 368 g/mol. The molecular formula is C19H20N4O2S. The molecule has 1 aromatic carbocycles. The first-order valence-electron chi connectivity index (χ1n) is 8.58. The standard InChI is InChI=1S/C19H20N4O2S/c1-25-14-6-4-12(5-7-14)15-10-26-19-16(15)18(21-11-22-19)23-8-2-3-13(9-23)17(20)24/h4-7,10-11,13H,2-3,8-9H2,1H3,(H2,20,24). The highest BCUT2D eigenvalue weighted by Gasteiger charge is 2.27. The van der Waals surface area contributed by atoms with Gasteiger partial charge in [0.1, 0.15) is 22.7 Å². The molecule has 1 unspecified atom stereocenters. The molecule has 0 aliphatic carbocycles. The van der Waals surface area contributed by atoms with E-state index in [1.54, 1.807) is 24.8 Å². The Morgan fingerprint density at radius 2 is 2.12 bits per heavy atom. The highest BCUT2D eigenvalue weighted by Crippen LogP contribution is 2.39. The van der Waals surface area contributed by atoms with Crippen LogP contribution in [0.3, 0.4) is 0 Å². The number of piperidine rings is 1. The summed E-state index contributed by atoms with van der Waals surface area (Å²) in [7, 11) is 1.66. The Labute approximate surface area is 155 Å². The number of carbonyl (C=O) groups is 1. The van der Waals surface area contributed by atoms with E-state index in [-0.39, 0.29) is 11.8 Å². The highest BCUT2D eigenvalue weighted by atomic mass is 32.1. The van der Waals surface area contributed by atoms with E-state index in [1.165, 1.54) is 0 Å². The summed E-state index contributed by atoms with van der Waals surface area (Å²) in [6.45, 7) is 1.48. The van der Waals surface area contributed by atoms with Gasteiger partial charge in [0.05, 0.1) is 18.4 Å². The Bertz CT molecular complexity index is 938. The summed E-state index contributed by atoms with van der Waals surface area (Å²) in [4.78, 5) is 23.8. The number of thiophene rings is 1. The van der Waals surface area contributed by atoms with Gasteiger partial charge in [-0.25, -0.2) is 9.97 Å². The lowest BCUT2D eigenvalue weighted by atomic mass is 9.97. The van der Waals surface area contributed by atoms with Gasteiger partial charge < -0.3 is 15.4 Å². The number of hydrogen-bond acceptors (Lipinski definition) is 6. The Kier molecular flexibility index (Phi) is 4.46. The lowest BCUT2D eigenvalue weighted by Crippen LogP contribution is -2.41. The number of ether oxygens (including phenoxy) is 1. The quantitative estimate of drug-likeness (QED) is 0.765. The van der Waals surface area contributed by atoms with Gasteiger partial charge in [-0.15, -0.1) is 11.3 Å². The minimum atomic E-state index is -0.235. The maximum absolute atomic E-state index is 11.6. The van der Waals surface area contributed by atoms with Crippen molar-refractivity contribution in [1.82, 2.24) is 9.97 Å². The van der Waals surface area contributed by atoms with Crippen LogP contribution < -0.4 is 15.4 Å². The predicted molar refractivity (Wildman–Crippen MR) is 104 cm³/mol. The molecule has 1 fully saturated rings. The minimum Gasteiger partial charge on any atom is -0.497 e. The molecule has 0 radical (unpaired) electrons. The maximum Gasteiger partial charge on any atom is 0.222 e. The number of primary amides is 1. The average Bonchev–Trinajstić information content (AvgIpc) is 3.12. The highest BCUT2D eigenvalue weighted by molar-refractivity contribution is 7.17. The number of nitrogens with two attached hydrogens (primary N) is 1. The summed E-state index contributed by atoms with van der Waals surface area (Å²) in [6, 6.07) is 7.98. The molecule has 1 saturated heterocycles. The second-order valence-electron chi connectivity index (χ2n) is 6.44. The second kappa shape index (κ2) is 6.92. The van der Waals surface area contributed by atoms with Crippen LogP contribution in [0.2, 0.25) is 0 Å². The van der Waals surface area contributed by atoms with Gasteiger partial charge in [-0.3, -0.25) is 4.79 Å². The molecule has 0 spiro atoms. The van der Waals surface area contributed by atoms with Gasteiger partial charge in [0.15, 0.2) is 0 Å². The molecule has 26 heavy (non-hydrogen) atoms. The van der Waals surface area contributed by atoms with Gasteiger partial charge in [0.2, 0.25) is 5.91 Å². The molecule has 3 heterocycles. The Hall–Kier alpha value is -2.67. The normalized spacial score (nSPS) is 17.4. The van der Waals surface area contributed by atoms with E-state index in [0.29, 0.717) is 6.54 Å². The summed E-state index contributed by atoms with van der Waals surface area (Å²) < 4.78 is 5.25. The zero-order chi connectivity index (χ0) is 18.1. The molecule has 1 aliphatic heterocycles. The monoisotopic (exact) mass is 368 g/mol. The van der Waals surface area contributed by atoms with Crippen LogP contribution in [0.25, 0.3) is 21.3 Å². The minimum absolute atomic E-state index is 0.128. The third-order valence-electron chi connectivity index (χ3n) is 4.87. The largest absolute Gasteiger partial charge is 0.497 e. The van der Waals surface area contributed by atoms with Crippen LogP contribution in [0, 0.1) is 5.92 Å². The Balaban J connectivity index is 1.78. The van der Waals surface area contributed by atoms with Crippen molar-refractivity contribution in [3.8, 4) is 16.9 Å². The first kappa shape index (κ1) is 16.8. The van der Waals surface area contributed by atoms with Gasteiger partial charge in [0, 0.05) is 24.0 Å². The molecule has 0 saturated carbocycles. The first-order valence-corrected chi connectivity index (χ1v) is 9.46. The van der Waals surface area contributed by atoms with E-state index in [9.17, 15) is 4.79 Å². The van der Waals surface area contributed by atoms with Crippen molar-refractivity contribution in [3.63, 3.8) is 0 Å². The van der Waals surface area contributed by atoms with Gasteiger partial charge in [-0.05, 0) is 30.5 Å². The number of methoxy groups -OCH3 is 1. The zero-order valence-electron chi connectivity index (χ0n) is 14.5. The van der Waals surface area contributed by atoms with E-state index in [2.05, 4.69) is 20.2 Å². The molecule has 1 aliphatic rings. The number of fused-ring (bicyclic) bond motifs is 1. The van der Waals surface area contributed by atoms with E-state index in [4.69, 9.17) is 10.5 Å². The van der Waals surface area contributed by atoms with Crippen LogP contribution in [-0.2, 0) is 4.79 Å². The number of nitrogens with zero attached hydrogens (tertiary/aromatic N) is 3. The molecule has 3 aromatic rings. The molecule has 0 bridgehead atoms. The summed E-state index contributed by atoms with van der Waals surface area (Å²) in [6.07, 6.45) is 3.37. The van der Waals surface area contributed by atoms with E-state index in [1.807, 2.05) is 24.3 Å². The van der Waals surface area contributed by atoms with Crippen LogP contribution in [0.15, 0.2) is 36.0 Å². The molecule has 7 heteroatoms. The van der Waals surface area contributed by atoms with Gasteiger partial charge in [-0.2, -0.15) is 0 Å². The molecule has 6 nitrogen and oxygen atoms in total. The topological polar surface area (TPSA) is 81.3 Å². The Morgan fingerprint density at radius 3 is 2.85 bits per heavy atom. The molecule has 2 N–H and O–H groups in total. The van der Waals surface area contributed by atoms with E-state index >= 15 is 0 Å². The lowest BCUT2D eigenvalue weighted by Gasteiger charge is -2.32. The SMILES string of the molecule is COc1ccc(-c2csc3ncnc(N4CCCC(C(N)=O)C4)c23)cc1. The summed E-state index contributed by atoms with van der Waals surface area (Å²) in [5, 5.41) is 3.15. The molecule has 4 rings (SSSR count). The number of amides is 1. The zero-order valence-corrected chi connectivity index (χ0v) is 15.3. The van der Waals surface area contributed by atoms with Gasteiger partial charge in [0.25, 0.3) is 0 Å². The van der Waals surface area contributed by atoms with E-state index < -0.39 is 0 Å². The fraction of sp³-hybridized carbons (Fsp3) is 0.316. The fourth-order valence-corrected chi connectivity index (χ4v) is 4.39. The van der Waals surface area contributed by atoms with Crippen LogP contribution in [-0.4, -0.2) is 36.1 Å². The molecule has 2 aromatic heterocycles. The molecule has 134 valence electrons. The van der Waals surface area contributed by atoms with Crippen LogP contribution in [0.1, 0.15) is 12.8 Å². The number of hydrogen-bond donors (Lipinski definition) is 1.